The molecule has 0 radical (unpaired) electrons. The molecule has 5 rings (SSSR count). The Morgan fingerprint density at radius 3 is 2.79 bits per heavy atom. The molecular formula is C21H21F2N3O2. The SMILES string of the molecule is CC(C)(CO)c1cnc(-c2nn(-c3ccc(F)cc3F)c3c2[C@@H]2CC[C@@H]3C2)o1. The Morgan fingerprint density at radius 1 is 1.25 bits per heavy atom. The second-order valence-electron chi connectivity index (χ2n) is 8.43. The maximum Gasteiger partial charge on any atom is 0.247 e. The van der Waals surface area contributed by atoms with Gasteiger partial charge in [-0.15, -0.1) is 0 Å². The highest BCUT2D eigenvalue weighted by Crippen LogP contribution is 2.56. The fourth-order valence-electron chi connectivity index (χ4n) is 4.50. The van der Waals surface area contributed by atoms with E-state index in [-0.39, 0.29) is 12.3 Å². The lowest BCUT2D eigenvalue weighted by Crippen LogP contribution is -2.21. The van der Waals surface area contributed by atoms with Gasteiger partial charge in [0, 0.05) is 23.0 Å². The molecule has 5 nitrogen and oxygen atoms in total. The molecule has 7 heteroatoms. The Bertz CT molecular complexity index is 1070. The van der Waals surface area contributed by atoms with E-state index in [4.69, 9.17) is 4.42 Å². The summed E-state index contributed by atoms with van der Waals surface area (Å²) >= 11 is 0. The van der Waals surface area contributed by atoms with Crippen molar-refractivity contribution in [3.05, 3.63) is 53.0 Å². The van der Waals surface area contributed by atoms with Crippen molar-refractivity contribution in [1.82, 2.24) is 14.8 Å². The summed E-state index contributed by atoms with van der Waals surface area (Å²) in [6.45, 7) is 3.67. The maximum atomic E-state index is 14.5. The second-order valence-corrected chi connectivity index (χ2v) is 8.43. The number of halogens is 2. The van der Waals surface area contributed by atoms with Crippen LogP contribution in [0.5, 0.6) is 0 Å². The first-order valence-electron chi connectivity index (χ1n) is 9.55. The number of aliphatic hydroxyl groups excluding tert-OH is 1. The van der Waals surface area contributed by atoms with Gasteiger partial charge in [-0.25, -0.2) is 18.4 Å². The van der Waals surface area contributed by atoms with Crippen LogP contribution < -0.4 is 0 Å². The number of aliphatic hydroxyl groups is 1. The van der Waals surface area contributed by atoms with E-state index in [1.807, 2.05) is 13.8 Å². The second kappa shape index (κ2) is 5.98. The van der Waals surface area contributed by atoms with E-state index in [1.165, 1.54) is 12.1 Å². The minimum atomic E-state index is -0.644. The Kier molecular flexibility index (Phi) is 3.75. The number of nitrogens with zero attached hydrogens (tertiary/aromatic N) is 3. The van der Waals surface area contributed by atoms with Gasteiger partial charge < -0.3 is 9.52 Å². The Labute approximate surface area is 161 Å². The number of fused-ring (bicyclic) bond motifs is 5. The topological polar surface area (TPSA) is 64.1 Å². The summed E-state index contributed by atoms with van der Waals surface area (Å²) in [6.07, 6.45) is 4.74. The van der Waals surface area contributed by atoms with Crippen LogP contribution in [0.4, 0.5) is 8.78 Å². The van der Waals surface area contributed by atoms with Crippen LogP contribution in [0.15, 0.2) is 28.8 Å². The molecule has 0 unspecified atom stereocenters. The van der Waals surface area contributed by atoms with E-state index in [1.54, 1.807) is 10.9 Å². The molecule has 2 aliphatic rings. The average molecular weight is 385 g/mol. The van der Waals surface area contributed by atoms with E-state index in [9.17, 15) is 13.9 Å². The fraction of sp³-hybridized carbons (Fsp3) is 0.429. The fourth-order valence-corrected chi connectivity index (χ4v) is 4.50. The van der Waals surface area contributed by atoms with Crippen LogP contribution in [0, 0.1) is 11.6 Å². The third kappa shape index (κ3) is 2.45. The van der Waals surface area contributed by atoms with Gasteiger partial charge in [-0.05, 0) is 37.3 Å². The number of oxazole rings is 1. The molecule has 146 valence electrons. The Morgan fingerprint density at radius 2 is 2.04 bits per heavy atom. The van der Waals surface area contributed by atoms with Crippen molar-refractivity contribution in [3.63, 3.8) is 0 Å². The highest BCUT2D eigenvalue weighted by atomic mass is 19.1. The van der Waals surface area contributed by atoms with Crippen LogP contribution in [0.3, 0.4) is 0 Å². The molecule has 0 spiro atoms. The largest absolute Gasteiger partial charge is 0.439 e. The smallest absolute Gasteiger partial charge is 0.247 e. The summed E-state index contributed by atoms with van der Waals surface area (Å²) in [4.78, 5) is 4.40. The summed E-state index contributed by atoms with van der Waals surface area (Å²) in [5.41, 5.74) is 2.34. The molecular weight excluding hydrogens is 364 g/mol. The molecule has 0 amide bonds. The lowest BCUT2D eigenvalue weighted by atomic mass is 9.92. The number of hydrogen-bond acceptors (Lipinski definition) is 4. The summed E-state index contributed by atoms with van der Waals surface area (Å²) < 4.78 is 35.4. The van der Waals surface area contributed by atoms with Gasteiger partial charge in [0.2, 0.25) is 5.89 Å². The molecule has 2 aliphatic carbocycles. The van der Waals surface area contributed by atoms with Gasteiger partial charge >= 0.3 is 0 Å². The lowest BCUT2D eigenvalue weighted by molar-refractivity contribution is 0.198. The Balaban J connectivity index is 1.68. The van der Waals surface area contributed by atoms with Crippen molar-refractivity contribution >= 4 is 0 Å². The van der Waals surface area contributed by atoms with Crippen LogP contribution in [0.25, 0.3) is 17.3 Å². The van der Waals surface area contributed by atoms with Crippen molar-refractivity contribution in [3.8, 4) is 17.3 Å². The van der Waals surface area contributed by atoms with Crippen LogP contribution in [0.2, 0.25) is 0 Å². The van der Waals surface area contributed by atoms with Crippen molar-refractivity contribution in [1.29, 1.82) is 0 Å². The molecule has 1 N–H and O–H groups in total. The molecule has 1 fully saturated rings. The predicted octanol–water partition coefficient (Wildman–Crippen LogP) is 4.44. The molecule has 0 saturated heterocycles. The number of rotatable bonds is 4. The molecule has 1 saturated carbocycles. The van der Waals surface area contributed by atoms with Gasteiger partial charge in [-0.1, -0.05) is 13.8 Å². The number of aromatic nitrogens is 3. The molecule has 2 atom stereocenters. The van der Waals surface area contributed by atoms with Crippen molar-refractivity contribution in [2.75, 3.05) is 6.61 Å². The van der Waals surface area contributed by atoms with E-state index >= 15 is 0 Å². The summed E-state index contributed by atoms with van der Waals surface area (Å²) in [5, 5.41) is 14.3. The van der Waals surface area contributed by atoms with Gasteiger partial charge in [0.05, 0.1) is 18.5 Å². The van der Waals surface area contributed by atoms with Crippen molar-refractivity contribution in [2.24, 2.45) is 0 Å². The quantitative estimate of drug-likeness (QED) is 0.721. The monoisotopic (exact) mass is 385 g/mol. The molecule has 2 aromatic heterocycles. The lowest BCUT2D eigenvalue weighted by Gasteiger charge is -2.17. The molecule has 2 bridgehead atoms. The molecule has 1 aromatic carbocycles. The van der Waals surface area contributed by atoms with Crippen molar-refractivity contribution in [2.45, 2.75) is 50.4 Å². The number of benzene rings is 1. The van der Waals surface area contributed by atoms with Crippen LogP contribution in [-0.2, 0) is 5.41 Å². The van der Waals surface area contributed by atoms with Gasteiger partial charge in [0.1, 0.15) is 17.3 Å². The average Bonchev–Trinajstić information content (AvgIpc) is 3.42. The minimum Gasteiger partial charge on any atom is -0.439 e. The molecule has 2 heterocycles. The zero-order chi connectivity index (χ0) is 19.6. The maximum absolute atomic E-state index is 14.5. The minimum absolute atomic E-state index is 0.0698. The van der Waals surface area contributed by atoms with E-state index in [2.05, 4.69) is 10.1 Å². The number of hydrogen-bond donors (Lipinski definition) is 1. The van der Waals surface area contributed by atoms with Crippen LogP contribution in [0.1, 0.15) is 62.0 Å². The Hall–Kier alpha value is -2.54. The first-order valence-corrected chi connectivity index (χ1v) is 9.55. The van der Waals surface area contributed by atoms with Gasteiger partial charge in [-0.3, -0.25) is 0 Å². The van der Waals surface area contributed by atoms with Crippen molar-refractivity contribution < 1.29 is 18.3 Å². The normalized spacial score (nSPS) is 20.8. The molecule has 3 aromatic rings. The van der Waals surface area contributed by atoms with Gasteiger partial charge in [0.25, 0.3) is 0 Å². The third-order valence-electron chi connectivity index (χ3n) is 6.10. The zero-order valence-electron chi connectivity index (χ0n) is 15.7. The van der Waals surface area contributed by atoms with E-state index < -0.39 is 17.0 Å². The standard InChI is InChI=1S/C21H21F2N3O2/c1-21(2,10-27)16-9-24-20(28-16)18-17-11-3-4-12(7-11)19(17)26(25-18)15-6-5-13(22)8-14(15)23/h5-6,8-9,11-12,27H,3-4,7,10H2,1-2H3/t11-,12-/m1/s1. The third-order valence-corrected chi connectivity index (χ3v) is 6.10. The molecule has 28 heavy (non-hydrogen) atoms. The van der Waals surface area contributed by atoms with E-state index in [0.29, 0.717) is 29.2 Å². The highest BCUT2D eigenvalue weighted by Gasteiger charge is 2.44. The first-order chi connectivity index (χ1) is 13.4. The highest BCUT2D eigenvalue weighted by molar-refractivity contribution is 5.62. The van der Waals surface area contributed by atoms with E-state index in [0.717, 1.165) is 36.6 Å². The van der Waals surface area contributed by atoms with Gasteiger partial charge in [0.15, 0.2) is 11.5 Å². The zero-order valence-corrected chi connectivity index (χ0v) is 15.7. The first kappa shape index (κ1) is 17.6. The summed E-state index contributed by atoms with van der Waals surface area (Å²) in [6, 6.07) is 3.54. The summed E-state index contributed by atoms with van der Waals surface area (Å²) in [7, 11) is 0. The van der Waals surface area contributed by atoms with Crippen LogP contribution in [-0.4, -0.2) is 26.5 Å². The predicted molar refractivity (Wildman–Crippen MR) is 98.4 cm³/mol. The summed E-state index contributed by atoms with van der Waals surface area (Å²) in [5.74, 6) is 0.359. The van der Waals surface area contributed by atoms with Crippen LogP contribution >= 0.6 is 0 Å². The molecule has 0 aliphatic heterocycles. The van der Waals surface area contributed by atoms with Gasteiger partial charge in [-0.2, -0.15) is 5.10 Å².